The molecule has 0 aliphatic rings. The molecule has 5 heteroatoms. The number of pyridine rings is 1. The first-order valence-electron chi connectivity index (χ1n) is 8.35. The molecule has 0 saturated carbocycles. The fraction of sp³-hybridized carbons (Fsp3) is 0.0952. The van der Waals surface area contributed by atoms with Crippen LogP contribution in [0.3, 0.4) is 0 Å². The molecule has 0 fully saturated rings. The average molecular weight is 345 g/mol. The minimum Gasteiger partial charge on any atom is -0.462 e. The van der Waals surface area contributed by atoms with Gasteiger partial charge in [0.2, 0.25) is 0 Å². The Bertz CT molecular complexity index is 835. The highest BCUT2D eigenvalue weighted by Crippen LogP contribution is 2.12. The van der Waals surface area contributed by atoms with Gasteiger partial charge in [-0.3, -0.25) is 5.43 Å². The van der Waals surface area contributed by atoms with E-state index in [2.05, 4.69) is 15.5 Å². The zero-order chi connectivity index (χ0) is 18.2. The number of hydrogen-bond acceptors (Lipinski definition) is 5. The first-order valence-corrected chi connectivity index (χ1v) is 8.35. The van der Waals surface area contributed by atoms with Gasteiger partial charge in [-0.1, -0.05) is 60.7 Å². The van der Waals surface area contributed by atoms with Gasteiger partial charge in [0.1, 0.15) is 5.82 Å². The maximum absolute atomic E-state index is 11.7. The lowest BCUT2D eigenvalue weighted by Gasteiger charge is -2.08. The molecule has 130 valence electrons. The van der Waals surface area contributed by atoms with Crippen LogP contribution < -0.4 is 5.43 Å². The van der Waals surface area contributed by atoms with Crippen LogP contribution >= 0.6 is 0 Å². The summed E-state index contributed by atoms with van der Waals surface area (Å²) in [5, 5.41) is 4.53. The summed E-state index contributed by atoms with van der Waals surface area (Å²) in [6, 6.07) is 23.2. The SMILES string of the molecule is CCOC(=O)c1ccc(NN=C(c2ccccc2)c2ccccc2)nc1. The Morgan fingerprint density at radius 3 is 2.04 bits per heavy atom. The molecule has 5 nitrogen and oxygen atoms in total. The van der Waals surface area contributed by atoms with Gasteiger partial charge in [0, 0.05) is 17.3 Å². The minimum absolute atomic E-state index is 0.334. The molecular formula is C21H19N3O2. The minimum atomic E-state index is -0.385. The van der Waals surface area contributed by atoms with Crippen molar-refractivity contribution in [2.24, 2.45) is 5.10 Å². The highest BCUT2D eigenvalue weighted by Gasteiger charge is 2.08. The van der Waals surface area contributed by atoms with Gasteiger partial charge in [-0.15, -0.1) is 0 Å². The Kier molecular flexibility index (Phi) is 5.72. The number of esters is 1. The molecule has 3 rings (SSSR count). The van der Waals surface area contributed by atoms with Crippen LogP contribution in [-0.4, -0.2) is 23.3 Å². The molecule has 1 N–H and O–H groups in total. The number of hydrazone groups is 1. The van der Waals surface area contributed by atoms with E-state index >= 15 is 0 Å². The number of hydrogen-bond donors (Lipinski definition) is 1. The normalized spacial score (nSPS) is 10.0. The lowest BCUT2D eigenvalue weighted by molar-refractivity contribution is 0.0526. The van der Waals surface area contributed by atoms with Crippen molar-refractivity contribution in [1.82, 2.24) is 4.98 Å². The molecule has 0 radical (unpaired) electrons. The van der Waals surface area contributed by atoms with Gasteiger partial charge in [-0.05, 0) is 19.1 Å². The number of aromatic nitrogens is 1. The van der Waals surface area contributed by atoms with E-state index in [9.17, 15) is 4.79 Å². The van der Waals surface area contributed by atoms with E-state index in [4.69, 9.17) is 4.74 Å². The number of rotatable bonds is 6. The Hall–Kier alpha value is -3.47. The number of anilines is 1. The number of carbonyl (C=O) groups excluding carboxylic acids is 1. The molecule has 26 heavy (non-hydrogen) atoms. The van der Waals surface area contributed by atoms with Crippen molar-refractivity contribution in [2.75, 3.05) is 12.0 Å². The molecule has 3 aromatic rings. The third-order valence-corrected chi connectivity index (χ3v) is 3.65. The first-order chi connectivity index (χ1) is 12.8. The molecular weight excluding hydrogens is 326 g/mol. The van der Waals surface area contributed by atoms with E-state index in [-0.39, 0.29) is 5.97 Å². The summed E-state index contributed by atoms with van der Waals surface area (Å²) in [7, 11) is 0. The van der Waals surface area contributed by atoms with E-state index < -0.39 is 0 Å². The van der Waals surface area contributed by atoms with Gasteiger partial charge in [0.05, 0.1) is 17.9 Å². The smallest absolute Gasteiger partial charge is 0.339 e. The molecule has 1 heterocycles. The van der Waals surface area contributed by atoms with Crippen molar-refractivity contribution in [3.05, 3.63) is 95.7 Å². The summed E-state index contributed by atoms with van der Waals surface area (Å²) in [4.78, 5) is 15.9. The molecule has 0 aliphatic carbocycles. The molecule has 0 amide bonds. The number of nitrogens with one attached hydrogen (secondary N) is 1. The van der Waals surface area contributed by atoms with Crippen molar-refractivity contribution < 1.29 is 9.53 Å². The van der Waals surface area contributed by atoms with Gasteiger partial charge in [-0.2, -0.15) is 5.10 Å². The fourth-order valence-corrected chi connectivity index (χ4v) is 2.40. The third-order valence-electron chi connectivity index (χ3n) is 3.65. The van der Waals surface area contributed by atoms with Crippen LogP contribution in [0.1, 0.15) is 28.4 Å². The number of carbonyl (C=O) groups is 1. The van der Waals surface area contributed by atoms with E-state index in [1.165, 1.54) is 6.20 Å². The molecule has 2 aromatic carbocycles. The molecule has 0 unspecified atom stereocenters. The van der Waals surface area contributed by atoms with Crippen molar-refractivity contribution in [3.63, 3.8) is 0 Å². The second-order valence-corrected chi connectivity index (χ2v) is 5.46. The van der Waals surface area contributed by atoms with Crippen LogP contribution in [0.15, 0.2) is 84.1 Å². The van der Waals surface area contributed by atoms with E-state index in [1.807, 2.05) is 60.7 Å². The van der Waals surface area contributed by atoms with E-state index in [0.29, 0.717) is 18.0 Å². The molecule has 0 spiro atoms. The predicted octanol–water partition coefficient (Wildman–Crippen LogP) is 4.12. The summed E-state index contributed by atoms with van der Waals surface area (Å²) >= 11 is 0. The van der Waals surface area contributed by atoms with Crippen LogP contribution in [0.5, 0.6) is 0 Å². The Morgan fingerprint density at radius 2 is 1.54 bits per heavy atom. The van der Waals surface area contributed by atoms with Crippen LogP contribution in [-0.2, 0) is 4.74 Å². The largest absolute Gasteiger partial charge is 0.462 e. The second-order valence-electron chi connectivity index (χ2n) is 5.46. The van der Waals surface area contributed by atoms with Crippen LogP contribution in [0.25, 0.3) is 0 Å². The van der Waals surface area contributed by atoms with Crippen molar-refractivity contribution in [3.8, 4) is 0 Å². The van der Waals surface area contributed by atoms with Gasteiger partial charge < -0.3 is 4.74 Å². The van der Waals surface area contributed by atoms with E-state index in [1.54, 1.807) is 19.1 Å². The topological polar surface area (TPSA) is 63.6 Å². The Morgan fingerprint density at radius 1 is 0.923 bits per heavy atom. The second kappa shape index (κ2) is 8.58. The highest BCUT2D eigenvalue weighted by molar-refractivity contribution is 6.13. The van der Waals surface area contributed by atoms with Crippen molar-refractivity contribution in [2.45, 2.75) is 6.92 Å². The molecule has 1 aromatic heterocycles. The predicted molar refractivity (Wildman–Crippen MR) is 102 cm³/mol. The quantitative estimate of drug-likeness (QED) is 0.415. The molecule has 0 saturated heterocycles. The number of nitrogens with zero attached hydrogens (tertiary/aromatic N) is 2. The molecule has 0 atom stereocenters. The summed E-state index contributed by atoms with van der Waals surface area (Å²) in [6.45, 7) is 2.10. The van der Waals surface area contributed by atoms with Gasteiger partial charge in [0.15, 0.2) is 0 Å². The standard InChI is InChI=1S/C21H19N3O2/c1-2-26-21(25)18-13-14-19(22-15-18)23-24-20(16-9-5-3-6-10-16)17-11-7-4-8-12-17/h3-15H,2H2,1H3,(H,22,23). The fourth-order valence-electron chi connectivity index (χ4n) is 2.40. The molecule has 0 aliphatic heterocycles. The van der Waals surface area contributed by atoms with Gasteiger partial charge in [-0.25, -0.2) is 9.78 Å². The average Bonchev–Trinajstić information content (AvgIpc) is 2.70. The molecule has 0 bridgehead atoms. The Balaban J connectivity index is 1.84. The van der Waals surface area contributed by atoms with Crippen LogP contribution in [0, 0.1) is 0 Å². The van der Waals surface area contributed by atoms with Crippen LogP contribution in [0.4, 0.5) is 5.82 Å². The summed E-state index contributed by atoms with van der Waals surface area (Å²) in [5.41, 5.74) is 6.17. The number of benzene rings is 2. The van der Waals surface area contributed by atoms with Crippen molar-refractivity contribution in [1.29, 1.82) is 0 Å². The monoisotopic (exact) mass is 345 g/mol. The third kappa shape index (κ3) is 4.33. The summed E-state index contributed by atoms with van der Waals surface area (Å²) < 4.78 is 4.95. The highest BCUT2D eigenvalue weighted by atomic mass is 16.5. The lowest BCUT2D eigenvalue weighted by atomic mass is 10.0. The van der Waals surface area contributed by atoms with E-state index in [0.717, 1.165) is 16.8 Å². The maximum atomic E-state index is 11.7. The lowest BCUT2D eigenvalue weighted by Crippen LogP contribution is -2.08. The van der Waals surface area contributed by atoms with Crippen LogP contribution in [0.2, 0.25) is 0 Å². The maximum Gasteiger partial charge on any atom is 0.339 e. The first kappa shape index (κ1) is 17.4. The number of ether oxygens (including phenoxy) is 1. The van der Waals surface area contributed by atoms with Gasteiger partial charge in [0.25, 0.3) is 0 Å². The summed E-state index contributed by atoms with van der Waals surface area (Å²) in [5.74, 6) is 0.159. The zero-order valence-electron chi connectivity index (χ0n) is 14.4. The summed E-state index contributed by atoms with van der Waals surface area (Å²) in [6.07, 6.45) is 1.47. The zero-order valence-corrected chi connectivity index (χ0v) is 14.4. The van der Waals surface area contributed by atoms with Gasteiger partial charge >= 0.3 is 5.97 Å². The Labute approximate surface area is 152 Å². The van der Waals surface area contributed by atoms with Crippen molar-refractivity contribution >= 4 is 17.5 Å².